The lowest BCUT2D eigenvalue weighted by Gasteiger charge is -2.33. The van der Waals surface area contributed by atoms with Crippen LogP contribution < -0.4 is 0 Å². The van der Waals surface area contributed by atoms with Gasteiger partial charge in [0.2, 0.25) is 11.5 Å². The molecule has 3 aliphatic carbocycles. The first-order chi connectivity index (χ1) is 18.9. The molecule has 0 spiro atoms. The van der Waals surface area contributed by atoms with E-state index >= 15 is 0 Å². The molecule has 5 unspecified atom stereocenters. The van der Waals surface area contributed by atoms with E-state index in [2.05, 4.69) is 26.5 Å². The molecule has 0 aromatic heterocycles. The number of carbonyl (C=O) groups excluding carboxylic acids is 2. The number of phenols is 2. The standard InChI is InChI=1S/C16H12O6.C15H20O3/c17-10-2-1-8-13-9-4-12(19)11(18)3-7(9)5-16(13,21)6-22-15(8)14(10)20;1-9-5-4-8-15(3)13(18-15)12-11(7-6-9)10(2)14(16)17-12/h1-4,18-21H,5-6H2;5,11-13H,2,4,6-8H2,1,3H3. The summed E-state index contributed by atoms with van der Waals surface area (Å²) >= 11 is 0. The molecular weight excluding hydrogens is 516 g/mol. The Kier molecular flexibility index (Phi) is 6.01. The topological polar surface area (TPSA) is 146 Å². The minimum Gasteiger partial charge on any atom is -0.504 e. The Bertz CT molecular complexity index is 1480. The normalized spacial score (nSPS) is 33.8. The molecular formula is C31H32O9. The van der Waals surface area contributed by atoms with Crippen molar-refractivity contribution in [1.82, 2.24) is 0 Å². The number of hydrogen-bond acceptors (Lipinski definition) is 9. The summed E-state index contributed by atoms with van der Waals surface area (Å²) in [6.07, 6.45) is 9.15. The van der Waals surface area contributed by atoms with Gasteiger partial charge in [0.1, 0.15) is 24.4 Å². The van der Waals surface area contributed by atoms with Crippen molar-refractivity contribution in [3.05, 3.63) is 76.3 Å². The second-order valence-electron chi connectivity index (χ2n) is 11.6. The molecule has 40 heavy (non-hydrogen) atoms. The molecule has 6 aliphatic rings. The number of rotatable bonds is 0. The summed E-state index contributed by atoms with van der Waals surface area (Å²) in [6, 6.07) is 2.77. The van der Waals surface area contributed by atoms with E-state index in [9.17, 15) is 30.0 Å². The quantitative estimate of drug-likeness (QED) is 0.125. The second-order valence-corrected chi connectivity index (χ2v) is 11.6. The Morgan fingerprint density at radius 3 is 2.62 bits per heavy atom. The molecule has 0 bridgehead atoms. The molecule has 210 valence electrons. The Balaban J connectivity index is 0.000000148. The zero-order valence-corrected chi connectivity index (χ0v) is 22.4. The fraction of sp³-hybridized carbons (Fsp3) is 0.419. The lowest BCUT2D eigenvalue weighted by atomic mass is 9.84. The summed E-state index contributed by atoms with van der Waals surface area (Å²) in [7, 11) is 0. The zero-order chi connectivity index (χ0) is 28.6. The molecule has 9 nitrogen and oxygen atoms in total. The summed E-state index contributed by atoms with van der Waals surface area (Å²) in [5, 5.41) is 40.1. The molecule has 5 atom stereocenters. The van der Waals surface area contributed by atoms with Crippen molar-refractivity contribution in [3.63, 3.8) is 0 Å². The van der Waals surface area contributed by atoms with Gasteiger partial charge < -0.3 is 34.6 Å². The first-order valence-electron chi connectivity index (χ1n) is 13.5. The molecule has 1 aromatic carbocycles. The van der Waals surface area contributed by atoms with Gasteiger partial charge in [0, 0.05) is 29.1 Å². The van der Waals surface area contributed by atoms with Crippen molar-refractivity contribution >= 4 is 17.3 Å². The summed E-state index contributed by atoms with van der Waals surface area (Å²) in [6.45, 7) is 8.05. The van der Waals surface area contributed by atoms with Gasteiger partial charge in [-0.2, -0.15) is 0 Å². The lowest BCUT2D eigenvalue weighted by Crippen LogP contribution is -2.39. The number of aliphatic hydroxyl groups is 2. The van der Waals surface area contributed by atoms with Crippen molar-refractivity contribution in [3.8, 4) is 11.5 Å². The average molecular weight is 549 g/mol. The van der Waals surface area contributed by atoms with Crippen LogP contribution in [0.2, 0.25) is 0 Å². The van der Waals surface area contributed by atoms with E-state index in [0.29, 0.717) is 27.8 Å². The number of phenolic OH excluding ortho intramolecular Hbond substituents is 2. The number of aromatic hydroxyl groups is 2. The molecule has 0 amide bonds. The van der Waals surface area contributed by atoms with E-state index in [1.807, 2.05) is 0 Å². The van der Waals surface area contributed by atoms with E-state index < -0.39 is 17.1 Å². The fourth-order valence-electron chi connectivity index (χ4n) is 6.46. The minimum atomic E-state index is -1.33. The molecule has 0 saturated carbocycles. The van der Waals surface area contributed by atoms with Crippen molar-refractivity contribution in [2.45, 2.75) is 69.4 Å². The SMILES string of the molecule is C=C1C(=O)OC2C1CCC(C)=CCCC1(C)OC21.O=C1C=CC2=C3c4cc(O)c(O)cc4CC3(O)COC2=C1O. The Hall–Kier alpha value is -3.82. The van der Waals surface area contributed by atoms with E-state index in [0.717, 1.165) is 25.7 Å². The third-order valence-electron chi connectivity index (χ3n) is 8.81. The highest BCUT2D eigenvalue weighted by molar-refractivity contribution is 6.06. The van der Waals surface area contributed by atoms with Gasteiger partial charge in [-0.05, 0) is 74.9 Å². The highest BCUT2D eigenvalue weighted by atomic mass is 16.6. The Labute approximate surface area is 231 Å². The van der Waals surface area contributed by atoms with E-state index in [1.54, 1.807) is 0 Å². The molecule has 2 saturated heterocycles. The van der Waals surface area contributed by atoms with Gasteiger partial charge in [-0.3, -0.25) is 4.79 Å². The first kappa shape index (κ1) is 26.4. The highest BCUT2D eigenvalue weighted by Crippen LogP contribution is 2.51. The first-order valence-corrected chi connectivity index (χ1v) is 13.5. The third-order valence-corrected chi connectivity index (χ3v) is 8.81. The predicted molar refractivity (Wildman–Crippen MR) is 143 cm³/mol. The molecule has 1 aromatic rings. The molecule has 2 fully saturated rings. The van der Waals surface area contributed by atoms with Gasteiger partial charge in [0.15, 0.2) is 17.3 Å². The number of benzene rings is 1. The van der Waals surface area contributed by atoms with Gasteiger partial charge >= 0.3 is 5.97 Å². The largest absolute Gasteiger partial charge is 0.504 e. The number of esters is 1. The monoisotopic (exact) mass is 548 g/mol. The second kappa shape index (κ2) is 9.11. The molecule has 4 N–H and O–H groups in total. The lowest BCUT2D eigenvalue weighted by molar-refractivity contribution is -0.140. The van der Waals surface area contributed by atoms with Crippen molar-refractivity contribution in [1.29, 1.82) is 0 Å². The van der Waals surface area contributed by atoms with Crippen LogP contribution in [-0.4, -0.2) is 62.2 Å². The van der Waals surface area contributed by atoms with Crippen molar-refractivity contribution in [2.24, 2.45) is 5.92 Å². The Morgan fingerprint density at radius 1 is 1.10 bits per heavy atom. The molecule has 0 radical (unpaired) electrons. The summed E-state index contributed by atoms with van der Waals surface area (Å²) in [5.41, 5.74) is 2.71. The fourth-order valence-corrected chi connectivity index (χ4v) is 6.46. The number of ether oxygens (including phenoxy) is 3. The van der Waals surface area contributed by atoms with Gasteiger partial charge in [-0.1, -0.05) is 18.2 Å². The van der Waals surface area contributed by atoms with Crippen LogP contribution in [0.25, 0.3) is 5.57 Å². The number of epoxide rings is 1. The van der Waals surface area contributed by atoms with E-state index in [-0.39, 0.29) is 60.0 Å². The van der Waals surface area contributed by atoms with Crippen LogP contribution in [0.1, 0.15) is 50.7 Å². The number of carbonyl (C=O) groups is 2. The van der Waals surface area contributed by atoms with Gasteiger partial charge in [0.05, 0.1) is 5.60 Å². The van der Waals surface area contributed by atoms with Crippen LogP contribution >= 0.6 is 0 Å². The molecule has 3 aliphatic heterocycles. The summed E-state index contributed by atoms with van der Waals surface area (Å²) in [4.78, 5) is 23.2. The number of allylic oxidation sites excluding steroid dienone is 4. The van der Waals surface area contributed by atoms with Gasteiger partial charge in [0.25, 0.3) is 0 Å². The molecule has 9 heteroatoms. The Morgan fingerprint density at radius 2 is 1.85 bits per heavy atom. The van der Waals surface area contributed by atoms with E-state index in [4.69, 9.17) is 14.2 Å². The number of hydrogen-bond donors (Lipinski definition) is 4. The van der Waals surface area contributed by atoms with Gasteiger partial charge in [-0.15, -0.1) is 0 Å². The highest BCUT2D eigenvalue weighted by Gasteiger charge is 2.61. The smallest absolute Gasteiger partial charge is 0.334 e. The summed E-state index contributed by atoms with van der Waals surface area (Å²) in [5.74, 6) is -1.68. The van der Waals surface area contributed by atoms with Crippen LogP contribution in [0.15, 0.2) is 65.2 Å². The molecule has 3 heterocycles. The van der Waals surface area contributed by atoms with Gasteiger partial charge in [-0.25, -0.2) is 4.79 Å². The maximum absolute atomic E-state index is 11.7. The van der Waals surface area contributed by atoms with Crippen LogP contribution in [0.5, 0.6) is 11.5 Å². The summed E-state index contributed by atoms with van der Waals surface area (Å²) < 4.78 is 16.7. The van der Waals surface area contributed by atoms with E-state index in [1.165, 1.54) is 29.9 Å². The van der Waals surface area contributed by atoms with Crippen LogP contribution in [0.3, 0.4) is 0 Å². The van der Waals surface area contributed by atoms with Crippen molar-refractivity contribution < 1.29 is 44.2 Å². The number of fused-ring (bicyclic) bond motifs is 7. The average Bonchev–Trinajstić information content (AvgIpc) is 3.36. The maximum Gasteiger partial charge on any atom is 0.334 e. The predicted octanol–water partition coefficient (Wildman–Crippen LogP) is 3.84. The van der Waals surface area contributed by atoms with Crippen LogP contribution in [0.4, 0.5) is 0 Å². The van der Waals surface area contributed by atoms with Crippen molar-refractivity contribution in [2.75, 3.05) is 6.61 Å². The van der Waals surface area contributed by atoms with Crippen LogP contribution in [0, 0.1) is 5.92 Å². The minimum absolute atomic E-state index is 0.0348. The number of ketones is 1. The van der Waals surface area contributed by atoms with Crippen LogP contribution in [-0.2, 0) is 30.2 Å². The molecule has 7 rings (SSSR count). The maximum atomic E-state index is 11.7. The number of aliphatic hydroxyl groups excluding tert-OH is 1. The zero-order valence-electron chi connectivity index (χ0n) is 22.4. The third kappa shape index (κ3) is 4.15.